The summed E-state index contributed by atoms with van der Waals surface area (Å²) in [5.74, 6) is 0. The van der Waals surface area contributed by atoms with Crippen LogP contribution in [0, 0.1) is 13.8 Å². The van der Waals surface area contributed by atoms with Gasteiger partial charge in [-0.15, -0.1) is 0 Å². The summed E-state index contributed by atoms with van der Waals surface area (Å²) in [5, 5.41) is 10.4. The molecule has 0 amide bonds. The van der Waals surface area contributed by atoms with Gasteiger partial charge in [0.15, 0.2) is 0 Å². The van der Waals surface area contributed by atoms with Gasteiger partial charge >= 0.3 is 0 Å². The van der Waals surface area contributed by atoms with Gasteiger partial charge in [-0.25, -0.2) is 0 Å². The second-order valence-electron chi connectivity index (χ2n) is 4.88. The van der Waals surface area contributed by atoms with E-state index in [-0.39, 0.29) is 0 Å². The average molecular weight is 384 g/mol. The van der Waals surface area contributed by atoms with Gasteiger partial charge in [0.1, 0.15) is 0 Å². The van der Waals surface area contributed by atoms with Crippen LogP contribution in [0.1, 0.15) is 28.4 Å². The fraction of sp³-hybridized carbons (Fsp3) is 0.250. The normalized spacial score (nSPS) is 12.5. The molecule has 0 aliphatic heterocycles. The van der Waals surface area contributed by atoms with Crippen molar-refractivity contribution in [1.29, 1.82) is 0 Å². The number of rotatable bonds is 3. The molecule has 0 saturated carbocycles. The molecule has 3 heteroatoms. The first kappa shape index (κ1) is 14.8. The predicted molar refractivity (Wildman–Crippen MR) is 86.4 cm³/mol. The zero-order valence-corrected chi connectivity index (χ0v) is 14.1. The molecule has 19 heavy (non-hydrogen) atoms. The van der Waals surface area contributed by atoms with Crippen LogP contribution in [0.25, 0.3) is 0 Å². The average Bonchev–Trinajstić information content (AvgIpc) is 2.26. The van der Waals surface area contributed by atoms with E-state index in [0.29, 0.717) is 6.42 Å². The van der Waals surface area contributed by atoms with Crippen LogP contribution in [-0.4, -0.2) is 5.11 Å². The molecular weight excluding hydrogens is 368 g/mol. The van der Waals surface area contributed by atoms with Crippen LogP contribution in [0.3, 0.4) is 0 Å². The Morgan fingerprint density at radius 2 is 1.63 bits per heavy atom. The molecule has 1 N–H and O–H groups in total. The third-order valence-corrected chi connectivity index (χ3v) is 4.21. The van der Waals surface area contributed by atoms with Crippen LogP contribution in [0.4, 0.5) is 0 Å². The summed E-state index contributed by atoms with van der Waals surface area (Å²) in [7, 11) is 0. The van der Waals surface area contributed by atoms with Crippen LogP contribution in [0.5, 0.6) is 0 Å². The molecule has 1 nitrogen and oxygen atoms in total. The van der Waals surface area contributed by atoms with Crippen molar-refractivity contribution in [2.75, 3.05) is 0 Å². The second kappa shape index (κ2) is 6.21. The summed E-state index contributed by atoms with van der Waals surface area (Å²) in [5.41, 5.74) is 4.55. The lowest BCUT2D eigenvalue weighted by Gasteiger charge is -2.14. The summed E-state index contributed by atoms with van der Waals surface area (Å²) in [4.78, 5) is 0. The van der Waals surface area contributed by atoms with Crippen molar-refractivity contribution >= 4 is 31.9 Å². The maximum absolute atomic E-state index is 10.4. The van der Waals surface area contributed by atoms with E-state index in [1.807, 2.05) is 18.2 Å². The van der Waals surface area contributed by atoms with Gasteiger partial charge in [-0.05, 0) is 37.1 Å². The second-order valence-corrected chi connectivity index (χ2v) is 6.65. The molecule has 2 aromatic carbocycles. The van der Waals surface area contributed by atoms with Gasteiger partial charge in [0, 0.05) is 15.4 Å². The Morgan fingerprint density at radius 3 is 2.21 bits per heavy atom. The molecular formula is C16H16Br2O. The van der Waals surface area contributed by atoms with Crippen LogP contribution in [0.2, 0.25) is 0 Å². The number of aliphatic hydroxyl groups is 1. The van der Waals surface area contributed by atoms with Crippen molar-refractivity contribution in [3.8, 4) is 0 Å². The first-order valence-corrected chi connectivity index (χ1v) is 7.74. The topological polar surface area (TPSA) is 20.2 Å². The monoisotopic (exact) mass is 382 g/mol. The molecule has 0 radical (unpaired) electrons. The van der Waals surface area contributed by atoms with Gasteiger partial charge in [0.25, 0.3) is 0 Å². The van der Waals surface area contributed by atoms with Crippen molar-refractivity contribution in [3.05, 3.63) is 67.6 Å². The number of hydrogen-bond acceptors (Lipinski definition) is 1. The minimum atomic E-state index is -0.497. The van der Waals surface area contributed by atoms with Crippen LogP contribution >= 0.6 is 31.9 Å². The van der Waals surface area contributed by atoms with Gasteiger partial charge in [-0.3, -0.25) is 0 Å². The highest BCUT2D eigenvalue weighted by molar-refractivity contribution is 9.11. The molecule has 1 unspecified atom stereocenters. The molecule has 2 aromatic rings. The van der Waals surface area contributed by atoms with Crippen molar-refractivity contribution in [3.63, 3.8) is 0 Å². The van der Waals surface area contributed by atoms with E-state index >= 15 is 0 Å². The number of halogens is 2. The molecule has 0 bridgehead atoms. The highest BCUT2D eigenvalue weighted by atomic mass is 79.9. The van der Waals surface area contributed by atoms with Crippen molar-refractivity contribution in [2.24, 2.45) is 0 Å². The van der Waals surface area contributed by atoms with Gasteiger partial charge in [-0.1, -0.05) is 67.3 Å². The lowest BCUT2D eigenvalue weighted by Crippen LogP contribution is -2.03. The summed E-state index contributed by atoms with van der Waals surface area (Å²) in [6, 6.07) is 12.3. The van der Waals surface area contributed by atoms with Crippen molar-refractivity contribution < 1.29 is 5.11 Å². The Hall–Kier alpha value is -0.640. The maximum atomic E-state index is 10.4. The summed E-state index contributed by atoms with van der Waals surface area (Å²) >= 11 is 6.92. The van der Waals surface area contributed by atoms with Gasteiger partial charge < -0.3 is 5.11 Å². The number of benzene rings is 2. The van der Waals surface area contributed by atoms with E-state index in [1.54, 1.807) is 0 Å². The SMILES string of the molecule is Cc1cc(C)cc(CC(O)c2ccc(Br)cc2Br)c1. The maximum Gasteiger partial charge on any atom is 0.0841 e. The Bertz CT molecular complexity index is 573. The summed E-state index contributed by atoms with van der Waals surface area (Å²) in [6.45, 7) is 4.16. The standard InChI is InChI=1S/C16H16Br2O/c1-10-5-11(2)7-12(6-10)8-16(19)14-4-3-13(17)9-15(14)18/h3-7,9,16,19H,8H2,1-2H3. The molecule has 0 heterocycles. The van der Waals surface area contributed by atoms with E-state index in [1.165, 1.54) is 16.7 Å². The first-order valence-electron chi connectivity index (χ1n) is 6.16. The summed E-state index contributed by atoms with van der Waals surface area (Å²) < 4.78 is 1.93. The minimum absolute atomic E-state index is 0.497. The molecule has 0 spiro atoms. The zero-order chi connectivity index (χ0) is 14.0. The molecule has 0 fully saturated rings. The van der Waals surface area contributed by atoms with E-state index in [4.69, 9.17) is 0 Å². The molecule has 0 aliphatic rings. The van der Waals surface area contributed by atoms with Crippen LogP contribution < -0.4 is 0 Å². The van der Waals surface area contributed by atoms with E-state index in [0.717, 1.165) is 14.5 Å². The third-order valence-electron chi connectivity index (χ3n) is 3.03. The summed E-state index contributed by atoms with van der Waals surface area (Å²) in [6.07, 6.45) is 0.131. The van der Waals surface area contributed by atoms with Gasteiger partial charge in [-0.2, -0.15) is 0 Å². The Morgan fingerprint density at radius 1 is 1.00 bits per heavy atom. The smallest absolute Gasteiger partial charge is 0.0841 e. The molecule has 0 aromatic heterocycles. The third kappa shape index (κ3) is 3.91. The largest absolute Gasteiger partial charge is 0.388 e. The predicted octanol–water partition coefficient (Wildman–Crippen LogP) is 5.10. The van der Waals surface area contributed by atoms with Gasteiger partial charge in [0.05, 0.1) is 6.10 Å². The Labute approximate surface area is 130 Å². The van der Waals surface area contributed by atoms with Crippen molar-refractivity contribution in [1.82, 2.24) is 0 Å². The van der Waals surface area contributed by atoms with E-state index in [9.17, 15) is 5.11 Å². The molecule has 2 rings (SSSR count). The van der Waals surface area contributed by atoms with E-state index < -0.39 is 6.10 Å². The fourth-order valence-corrected chi connectivity index (χ4v) is 3.60. The van der Waals surface area contributed by atoms with Crippen molar-refractivity contribution in [2.45, 2.75) is 26.4 Å². The Balaban J connectivity index is 2.22. The number of aliphatic hydroxyl groups excluding tert-OH is 1. The van der Waals surface area contributed by atoms with Gasteiger partial charge in [0.2, 0.25) is 0 Å². The first-order chi connectivity index (χ1) is 8.95. The molecule has 0 saturated heterocycles. The molecule has 0 aliphatic carbocycles. The number of hydrogen-bond donors (Lipinski definition) is 1. The van der Waals surface area contributed by atoms with Crippen LogP contribution in [0.15, 0.2) is 45.3 Å². The molecule has 1 atom stereocenters. The number of aryl methyl sites for hydroxylation is 2. The lowest BCUT2D eigenvalue weighted by molar-refractivity contribution is 0.177. The fourth-order valence-electron chi connectivity index (χ4n) is 2.29. The Kier molecular flexibility index (Phi) is 4.82. The molecule has 100 valence electrons. The quantitative estimate of drug-likeness (QED) is 0.781. The van der Waals surface area contributed by atoms with Crippen LogP contribution in [-0.2, 0) is 6.42 Å². The lowest BCUT2D eigenvalue weighted by atomic mass is 9.98. The zero-order valence-electron chi connectivity index (χ0n) is 11.0. The minimum Gasteiger partial charge on any atom is -0.388 e. The highest BCUT2D eigenvalue weighted by Crippen LogP contribution is 2.29. The highest BCUT2D eigenvalue weighted by Gasteiger charge is 2.12. The van der Waals surface area contributed by atoms with E-state index in [2.05, 4.69) is 63.9 Å².